The van der Waals surface area contributed by atoms with E-state index >= 15 is 0 Å². The van der Waals surface area contributed by atoms with Crippen LogP contribution in [0.4, 0.5) is 4.79 Å². The number of carbonyl (C=O) groups is 3. The number of urea groups is 1. The first-order valence-corrected chi connectivity index (χ1v) is 9.70. The molecule has 1 unspecified atom stereocenters. The summed E-state index contributed by atoms with van der Waals surface area (Å²) >= 11 is 1.56. The molecule has 28 heavy (non-hydrogen) atoms. The predicted molar refractivity (Wildman–Crippen MR) is 100 cm³/mol. The van der Waals surface area contributed by atoms with Gasteiger partial charge >= 0.3 is 18.0 Å². The second kappa shape index (κ2) is 9.23. The second-order valence-electron chi connectivity index (χ2n) is 5.95. The molecule has 8 nitrogen and oxygen atoms in total. The third kappa shape index (κ3) is 4.80. The molecule has 2 aromatic rings. The second-order valence-corrected chi connectivity index (χ2v) is 6.73. The van der Waals surface area contributed by atoms with E-state index in [0.29, 0.717) is 12.2 Å². The number of esters is 2. The van der Waals surface area contributed by atoms with Gasteiger partial charge in [0.15, 0.2) is 0 Å². The summed E-state index contributed by atoms with van der Waals surface area (Å²) in [5.74, 6) is -0.677. The fraction of sp³-hybridized carbons (Fsp3) is 0.316. The molecule has 0 radical (unpaired) electrons. The normalized spacial score (nSPS) is 16.3. The van der Waals surface area contributed by atoms with E-state index in [4.69, 9.17) is 13.9 Å². The highest BCUT2D eigenvalue weighted by Gasteiger charge is 2.35. The first-order valence-electron chi connectivity index (χ1n) is 8.76. The van der Waals surface area contributed by atoms with Crippen molar-refractivity contribution in [1.29, 1.82) is 0 Å². The summed E-state index contributed by atoms with van der Waals surface area (Å²) in [6.07, 6.45) is 2.21. The van der Waals surface area contributed by atoms with Crippen molar-refractivity contribution in [2.45, 2.75) is 25.8 Å². The molecule has 3 rings (SSSR count). The molecule has 2 amide bonds. The lowest BCUT2D eigenvalue weighted by atomic mass is 10.0. The van der Waals surface area contributed by atoms with Gasteiger partial charge in [-0.15, -0.1) is 0 Å². The van der Waals surface area contributed by atoms with Crippen LogP contribution in [0.25, 0.3) is 0 Å². The number of thiophene rings is 1. The molecular weight excluding hydrogens is 384 g/mol. The Balaban J connectivity index is 1.75. The van der Waals surface area contributed by atoms with E-state index in [1.165, 1.54) is 6.26 Å². The average Bonchev–Trinajstić information content (AvgIpc) is 3.38. The number of rotatable bonds is 8. The van der Waals surface area contributed by atoms with Crippen LogP contribution in [0.3, 0.4) is 0 Å². The molecule has 2 N–H and O–H groups in total. The minimum atomic E-state index is -0.831. The predicted octanol–water partition coefficient (Wildman–Crippen LogP) is 2.69. The first kappa shape index (κ1) is 19.7. The number of hydrogen-bond donors (Lipinski definition) is 2. The largest absolute Gasteiger partial charge is 0.467 e. The third-order valence-electron chi connectivity index (χ3n) is 4.05. The Morgan fingerprint density at radius 3 is 2.82 bits per heavy atom. The van der Waals surface area contributed by atoms with Crippen LogP contribution >= 0.6 is 11.3 Å². The van der Waals surface area contributed by atoms with E-state index < -0.39 is 24.0 Å². The topological polar surface area (TPSA) is 107 Å². The number of ether oxygens (including phenoxy) is 2. The Morgan fingerprint density at radius 2 is 2.14 bits per heavy atom. The fourth-order valence-corrected chi connectivity index (χ4v) is 3.46. The molecule has 0 spiro atoms. The zero-order chi connectivity index (χ0) is 19.9. The summed E-state index contributed by atoms with van der Waals surface area (Å²) in [7, 11) is 0. The van der Waals surface area contributed by atoms with Gasteiger partial charge in [0.25, 0.3) is 0 Å². The van der Waals surface area contributed by atoms with Gasteiger partial charge in [-0.05, 0) is 47.9 Å². The zero-order valence-corrected chi connectivity index (χ0v) is 16.0. The Bertz CT molecular complexity index is 857. The van der Waals surface area contributed by atoms with Gasteiger partial charge < -0.3 is 24.5 Å². The molecule has 0 aromatic carbocycles. The zero-order valence-electron chi connectivity index (χ0n) is 15.2. The number of hydrogen-bond acceptors (Lipinski definition) is 7. The highest BCUT2D eigenvalue weighted by molar-refractivity contribution is 7.07. The SMILES string of the molecule is CCOC(=O)C1=C(COC(=O)CCc2ccsc2)NC(=O)NC1c1ccco1. The third-order valence-corrected chi connectivity index (χ3v) is 4.78. The van der Waals surface area contributed by atoms with E-state index in [1.807, 2.05) is 16.8 Å². The van der Waals surface area contributed by atoms with Crippen LogP contribution < -0.4 is 10.6 Å². The molecule has 0 saturated carbocycles. The summed E-state index contributed by atoms with van der Waals surface area (Å²) < 4.78 is 15.7. The summed E-state index contributed by atoms with van der Waals surface area (Å²) in [4.78, 5) is 36.6. The highest BCUT2D eigenvalue weighted by Crippen LogP contribution is 2.28. The quantitative estimate of drug-likeness (QED) is 0.655. The Kier molecular flexibility index (Phi) is 6.49. The maximum atomic E-state index is 12.5. The monoisotopic (exact) mass is 404 g/mol. The van der Waals surface area contributed by atoms with Crippen molar-refractivity contribution in [3.05, 3.63) is 57.8 Å². The van der Waals surface area contributed by atoms with E-state index in [2.05, 4.69) is 10.6 Å². The number of furan rings is 1. The molecule has 1 atom stereocenters. The molecule has 1 aliphatic heterocycles. The summed E-state index contributed by atoms with van der Waals surface area (Å²) in [5, 5.41) is 9.07. The van der Waals surface area contributed by atoms with Crippen molar-refractivity contribution in [1.82, 2.24) is 10.6 Å². The first-order chi connectivity index (χ1) is 13.6. The maximum Gasteiger partial charge on any atom is 0.338 e. The van der Waals surface area contributed by atoms with E-state index in [-0.39, 0.29) is 30.9 Å². The van der Waals surface area contributed by atoms with Gasteiger partial charge in [0.05, 0.1) is 24.1 Å². The maximum absolute atomic E-state index is 12.5. The molecule has 9 heteroatoms. The Labute approximate surface area is 165 Å². The number of amides is 2. The van der Waals surface area contributed by atoms with Crippen molar-refractivity contribution in [2.75, 3.05) is 13.2 Å². The van der Waals surface area contributed by atoms with Gasteiger partial charge in [-0.25, -0.2) is 9.59 Å². The van der Waals surface area contributed by atoms with Crippen molar-refractivity contribution in [2.24, 2.45) is 0 Å². The van der Waals surface area contributed by atoms with E-state index in [1.54, 1.807) is 30.4 Å². The summed E-state index contributed by atoms with van der Waals surface area (Å²) in [5.41, 5.74) is 1.37. The van der Waals surface area contributed by atoms with Crippen molar-refractivity contribution >= 4 is 29.3 Å². The van der Waals surface area contributed by atoms with Crippen LogP contribution in [0.1, 0.15) is 30.7 Å². The van der Waals surface area contributed by atoms with Gasteiger partial charge in [0, 0.05) is 6.42 Å². The Hall–Kier alpha value is -3.07. The average molecular weight is 404 g/mol. The van der Waals surface area contributed by atoms with Crippen molar-refractivity contribution in [3.8, 4) is 0 Å². The van der Waals surface area contributed by atoms with Crippen LogP contribution in [0.2, 0.25) is 0 Å². The van der Waals surface area contributed by atoms with E-state index in [0.717, 1.165) is 5.56 Å². The highest BCUT2D eigenvalue weighted by atomic mass is 32.1. The molecule has 0 bridgehead atoms. The van der Waals surface area contributed by atoms with E-state index in [9.17, 15) is 14.4 Å². The van der Waals surface area contributed by atoms with Crippen LogP contribution in [0, 0.1) is 0 Å². The molecule has 0 saturated heterocycles. The minimum absolute atomic E-state index is 0.141. The lowest BCUT2D eigenvalue weighted by molar-refractivity contribution is -0.143. The lowest BCUT2D eigenvalue weighted by Crippen LogP contribution is -2.47. The Morgan fingerprint density at radius 1 is 1.29 bits per heavy atom. The molecule has 1 aliphatic rings. The van der Waals surface area contributed by atoms with Crippen molar-refractivity contribution < 1.29 is 28.3 Å². The number of aryl methyl sites for hydroxylation is 1. The van der Waals surface area contributed by atoms with Gasteiger partial charge in [-0.3, -0.25) is 4.79 Å². The van der Waals surface area contributed by atoms with Crippen LogP contribution in [-0.4, -0.2) is 31.2 Å². The van der Waals surface area contributed by atoms with Gasteiger partial charge in [0.1, 0.15) is 18.4 Å². The van der Waals surface area contributed by atoms with Crippen LogP contribution in [0.15, 0.2) is 50.9 Å². The molecule has 3 heterocycles. The number of nitrogens with one attached hydrogen (secondary N) is 2. The van der Waals surface area contributed by atoms with Crippen molar-refractivity contribution in [3.63, 3.8) is 0 Å². The smallest absolute Gasteiger partial charge is 0.338 e. The molecular formula is C19H20N2O6S. The van der Waals surface area contributed by atoms with Crippen LogP contribution in [-0.2, 0) is 25.5 Å². The lowest BCUT2D eigenvalue weighted by Gasteiger charge is -2.27. The fourth-order valence-electron chi connectivity index (χ4n) is 2.76. The standard InChI is InChI=1S/C19H20N2O6S/c1-2-25-18(23)16-13(10-27-15(22)6-5-12-7-9-28-11-12)20-19(24)21-17(16)14-4-3-8-26-14/h3-4,7-9,11,17H,2,5-6,10H2,1H3,(H2,20,21,24). The van der Waals surface area contributed by atoms with Gasteiger partial charge in [-0.2, -0.15) is 11.3 Å². The molecule has 148 valence electrons. The molecule has 2 aromatic heterocycles. The number of carbonyl (C=O) groups excluding carboxylic acids is 3. The summed E-state index contributed by atoms with van der Waals surface area (Å²) in [6, 6.07) is 3.87. The summed E-state index contributed by atoms with van der Waals surface area (Å²) in [6.45, 7) is 1.59. The molecule has 0 fully saturated rings. The minimum Gasteiger partial charge on any atom is -0.467 e. The van der Waals surface area contributed by atoms with Gasteiger partial charge in [-0.1, -0.05) is 0 Å². The molecule has 0 aliphatic carbocycles. The van der Waals surface area contributed by atoms with Gasteiger partial charge in [0.2, 0.25) is 0 Å². The van der Waals surface area contributed by atoms with Crippen LogP contribution in [0.5, 0.6) is 0 Å².